The van der Waals surface area contributed by atoms with Crippen LogP contribution in [-0.2, 0) is 14.9 Å². The highest BCUT2D eigenvalue weighted by Crippen LogP contribution is 2.40. The fourth-order valence-corrected chi connectivity index (χ4v) is 5.30. The van der Waals surface area contributed by atoms with Gasteiger partial charge in [0.1, 0.15) is 11.6 Å². The summed E-state index contributed by atoms with van der Waals surface area (Å²) in [6.45, 7) is 9.13. The van der Waals surface area contributed by atoms with Crippen molar-refractivity contribution in [1.29, 1.82) is 0 Å². The van der Waals surface area contributed by atoms with Crippen LogP contribution in [0.3, 0.4) is 0 Å². The molecule has 0 spiro atoms. The van der Waals surface area contributed by atoms with E-state index in [1.165, 1.54) is 23.2 Å². The van der Waals surface area contributed by atoms with E-state index in [9.17, 15) is 19.1 Å². The molecule has 8 nitrogen and oxygen atoms in total. The second kappa shape index (κ2) is 10.6. The maximum atomic E-state index is 13.9. The molecule has 1 amide bonds. The third kappa shape index (κ3) is 5.30. The smallest absolute Gasteiger partial charge is 0.339 e. The van der Waals surface area contributed by atoms with E-state index in [0.717, 1.165) is 50.2 Å². The Bertz CT molecular complexity index is 1370. The number of carboxylic acid groups (broad SMARTS) is 1. The highest BCUT2D eigenvalue weighted by atomic mass is 19.1. The van der Waals surface area contributed by atoms with Crippen molar-refractivity contribution in [3.8, 4) is 5.75 Å². The first-order valence-electron chi connectivity index (χ1n) is 12.8. The van der Waals surface area contributed by atoms with E-state index in [2.05, 4.69) is 9.88 Å². The first-order valence-corrected chi connectivity index (χ1v) is 12.8. The number of nitrogens with zero attached hydrogens (tertiary/aromatic N) is 2. The Morgan fingerprint density at radius 2 is 1.87 bits per heavy atom. The summed E-state index contributed by atoms with van der Waals surface area (Å²) in [5.74, 6) is -1.21. The molecule has 5 rings (SSSR count). The van der Waals surface area contributed by atoms with Gasteiger partial charge in [0, 0.05) is 54.3 Å². The summed E-state index contributed by atoms with van der Waals surface area (Å²) >= 11 is 0. The molecule has 0 saturated carbocycles. The summed E-state index contributed by atoms with van der Waals surface area (Å²) < 4.78 is 25.1. The molecule has 2 aliphatic rings. The molecule has 2 aromatic carbocycles. The maximum Gasteiger partial charge on any atom is 0.339 e. The minimum atomic E-state index is -1.17. The normalized spacial score (nSPS) is 17.6. The van der Waals surface area contributed by atoms with Crippen molar-refractivity contribution in [3.63, 3.8) is 0 Å². The standard InChI is InChI=1S/C29H32FN3O5/c1-29(2)18-33(17-23(28(35)36)26-25(29)22-9-6-20(30)16-24(22)31-26)27(34)19-4-7-21(8-5-19)38-13-3-10-32-11-14-37-15-12-32/h4-9,16-17,31H,3,10-15,18H2,1-2H3,(H,35,36). The van der Waals surface area contributed by atoms with Crippen LogP contribution >= 0.6 is 0 Å². The van der Waals surface area contributed by atoms with Crippen LogP contribution < -0.4 is 4.74 Å². The zero-order chi connectivity index (χ0) is 26.9. The predicted octanol–water partition coefficient (Wildman–Crippen LogP) is 4.27. The average molecular weight is 522 g/mol. The van der Waals surface area contributed by atoms with Crippen LogP contribution in [0.2, 0.25) is 0 Å². The van der Waals surface area contributed by atoms with Gasteiger partial charge in [-0.05, 0) is 54.4 Å². The van der Waals surface area contributed by atoms with E-state index in [-0.39, 0.29) is 18.0 Å². The quantitative estimate of drug-likeness (QED) is 0.451. The summed E-state index contributed by atoms with van der Waals surface area (Å²) in [5, 5.41) is 10.8. The SMILES string of the molecule is CC1(C)CN(C(=O)c2ccc(OCCCN3CCOCC3)cc2)C=C(C(=O)O)c2[nH]c3cc(F)ccc3c21. The highest BCUT2D eigenvalue weighted by molar-refractivity contribution is 6.17. The number of aliphatic carboxylic acids is 1. The molecule has 200 valence electrons. The van der Waals surface area contributed by atoms with Gasteiger partial charge in [-0.1, -0.05) is 13.8 Å². The van der Waals surface area contributed by atoms with Crippen LogP contribution in [0.5, 0.6) is 5.75 Å². The minimum absolute atomic E-state index is 0.0456. The highest BCUT2D eigenvalue weighted by Gasteiger charge is 2.37. The molecular weight excluding hydrogens is 489 g/mol. The van der Waals surface area contributed by atoms with Crippen molar-refractivity contribution in [3.05, 3.63) is 71.3 Å². The van der Waals surface area contributed by atoms with Gasteiger partial charge in [0.25, 0.3) is 5.91 Å². The molecule has 0 atom stereocenters. The number of amides is 1. The number of halogens is 1. The number of carbonyl (C=O) groups is 2. The van der Waals surface area contributed by atoms with Crippen LogP contribution in [0.25, 0.3) is 16.5 Å². The lowest BCUT2D eigenvalue weighted by Gasteiger charge is -2.29. The molecule has 2 aliphatic heterocycles. The maximum absolute atomic E-state index is 13.9. The number of carboxylic acids is 1. The van der Waals surface area contributed by atoms with Gasteiger partial charge in [-0.2, -0.15) is 0 Å². The number of hydrogen-bond acceptors (Lipinski definition) is 5. The van der Waals surface area contributed by atoms with Crippen molar-refractivity contribution >= 4 is 28.4 Å². The molecule has 9 heteroatoms. The summed E-state index contributed by atoms with van der Waals surface area (Å²) in [6, 6.07) is 11.3. The number of nitrogens with one attached hydrogen (secondary N) is 1. The van der Waals surface area contributed by atoms with E-state index in [1.807, 2.05) is 13.8 Å². The molecule has 0 radical (unpaired) electrons. The van der Waals surface area contributed by atoms with Gasteiger partial charge in [-0.3, -0.25) is 9.69 Å². The van der Waals surface area contributed by atoms with Gasteiger partial charge >= 0.3 is 5.97 Å². The Morgan fingerprint density at radius 1 is 1.13 bits per heavy atom. The predicted molar refractivity (Wildman–Crippen MR) is 142 cm³/mol. The summed E-state index contributed by atoms with van der Waals surface area (Å²) in [5.41, 5.74) is 1.43. The molecule has 1 saturated heterocycles. The van der Waals surface area contributed by atoms with Gasteiger partial charge in [-0.15, -0.1) is 0 Å². The second-order valence-corrected chi connectivity index (χ2v) is 10.4. The summed E-state index contributed by atoms with van der Waals surface area (Å²) in [6.07, 6.45) is 2.27. The van der Waals surface area contributed by atoms with Gasteiger partial charge in [0.05, 0.1) is 31.1 Å². The van der Waals surface area contributed by atoms with E-state index in [4.69, 9.17) is 9.47 Å². The lowest BCUT2D eigenvalue weighted by molar-refractivity contribution is -0.130. The molecule has 3 heterocycles. The number of ether oxygens (including phenoxy) is 2. The summed E-state index contributed by atoms with van der Waals surface area (Å²) in [7, 11) is 0. The lowest BCUT2D eigenvalue weighted by atomic mass is 9.81. The number of benzene rings is 2. The fourth-order valence-electron chi connectivity index (χ4n) is 5.30. The van der Waals surface area contributed by atoms with Crippen LogP contribution in [0.4, 0.5) is 4.39 Å². The summed E-state index contributed by atoms with van der Waals surface area (Å²) in [4.78, 5) is 32.7. The third-order valence-corrected chi connectivity index (χ3v) is 7.14. The number of aromatic amines is 1. The molecule has 1 fully saturated rings. The average Bonchev–Trinajstić information content (AvgIpc) is 3.23. The van der Waals surface area contributed by atoms with Crippen molar-refractivity contribution in [2.75, 3.05) is 46.0 Å². The van der Waals surface area contributed by atoms with Crippen molar-refractivity contribution in [2.24, 2.45) is 0 Å². The number of H-pyrrole nitrogens is 1. The number of aromatic nitrogens is 1. The molecule has 0 bridgehead atoms. The van der Waals surface area contributed by atoms with E-state index >= 15 is 0 Å². The van der Waals surface area contributed by atoms with Crippen LogP contribution in [-0.4, -0.2) is 77.8 Å². The van der Waals surface area contributed by atoms with E-state index in [0.29, 0.717) is 29.1 Å². The van der Waals surface area contributed by atoms with Crippen molar-refractivity contribution in [2.45, 2.75) is 25.7 Å². The second-order valence-electron chi connectivity index (χ2n) is 10.4. The topological polar surface area (TPSA) is 95.1 Å². The van der Waals surface area contributed by atoms with Crippen LogP contribution in [0.1, 0.15) is 41.9 Å². The number of fused-ring (bicyclic) bond motifs is 3. The van der Waals surface area contributed by atoms with Gasteiger partial charge < -0.3 is 24.5 Å². The van der Waals surface area contributed by atoms with Crippen molar-refractivity contribution < 1.29 is 28.6 Å². The Morgan fingerprint density at radius 3 is 2.58 bits per heavy atom. The molecule has 0 unspecified atom stereocenters. The first-order chi connectivity index (χ1) is 18.2. The van der Waals surface area contributed by atoms with E-state index in [1.54, 1.807) is 30.3 Å². The van der Waals surface area contributed by atoms with Crippen LogP contribution in [0, 0.1) is 5.82 Å². The molecular formula is C29H32FN3O5. The number of hydrogen-bond donors (Lipinski definition) is 2. The number of morpholine rings is 1. The van der Waals surface area contributed by atoms with Crippen LogP contribution in [0.15, 0.2) is 48.7 Å². The lowest BCUT2D eigenvalue weighted by Crippen LogP contribution is -2.37. The molecule has 2 N–H and O–H groups in total. The van der Waals surface area contributed by atoms with Gasteiger partial charge in [0.15, 0.2) is 0 Å². The van der Waals surface area contributed by atoms with Gasteiger partial charge in [0.2, 0.25) is 0 Å². The zero-order valence-electron chi connectivity index (χ0n) is 21.6. The number of rotatable bonds is 7. The molecule has 3 aromatic rings. The molecule has 0 aliphatic carbocycles. The van der Waals surface area contributed by atoms with Crippen molar-refractivity contribution in [1.82, 2.24) is 14.8 Å². The molecule has 38 heavy (non-hydrogen) atoms. The first kappa shape index (κ1) is 25.9. The fraction of sp³-hybridized carbons (Fsp3) is 0.379. The Labute approximate surface area is 220 Å². The molecule has 1 aromatic heterocycles. The Balaban J connectivity index is 1.32. The minimum Gasteiger partial charge on any atom is -0.494 e. The van der Waals surface area contributed by atoms with Gasteiger partial charge in [-0.25, -0.2) is 9.18 Å². The largest absolute Gasteiger partial charge is 0.494 e. The van der Waals surface area contributed by atoms with E-state index < -0.39 is 17.2 Å². The third-order valence-electron chi connectivity index (χ3n) is 7.14. The number of carbonyl (C=O) groups excluding carboxylic acids is 1. The monoisotopic (exact) mass is 521 g/mol. The zero-order valence-corrected chi connectivity index (χ0v) is 21.6. The Kier molecular flexibility index (Phi) is 7.23. The Hall–Kier alpha value is -3.69.